The van der Waals surface area contributed by atoms with Gasteiger partial charge in [-0.25, -0.2) is 0 Å². The third-order valence-corrected chi connectivity index (χ3v) is 5.42. The SMILES string of the molecule is O=C(Cn1ccc2ccccc21)Nc1cccc(-c2ccc(N3CCOCC3)nn2)c1. The zero-order valence-corrected chi connectivity index (χ0v) is 17.1. The molecule has 1 N–H and O–H groups in total. The number of amides is 1. The summed E-state index contributed by atoms with van der Waals surface area (Å²) in [6, 6.07) is 21.7. The molecule has 4 aromatic rings. The van der Waals surface area contributed by atoms with E-state index in [0.29, 0.717) is 13.2 Å². The molecule has 156 valence electrons. The van der Waals surface area contributed by atoms with Crippen LogP contribution in [-0.2, 0) is 16.1 Å². The molecule has 7 heteroatoms. The summed E-state index contributed by atoms with van der Waals surface area (Å²) in [6.45, 7) is 3.33. The molecule has 3 heterocycles. The van der Waals surface area contributed by atoms with Gasteiger partial charge >= 0.3 is 0 Å². The summed E-state index contributed by atoms with van der Waals surface area (Å²) in [5.74, 6) is 0.780. The fourth-order valence-corrected chi connectivity index (χ4v) is 3.83. The Morgan fingerprint density at radius 1 is 0.968 bits per heavy atom. The van der Waals surface area contributed by atoms with Crippen LogP contribution in [0.25, 0.3) is 22.2 Å². The summed E-state index contributed by atoms with van der Waals surface area (Å²) < 4.78 is 7.34. The van der Waals surface area contributed by atoms with Crippen molar-refractivity contribution in [2.75, 3.05) is 36.5 Å². The summed E-state index contributed by atoms with van der Waals surface area (Å²) in [7, 11) is 0. The normalized spacial score (nSPS) is 14.0. The van der Waals surface area contributed by atoms with Crippen molar-refractivity contribution in [1.29, 1.82) is 0 Å². The van der Waals surface area contributed by atoms with Crippen molar-refractivity contribution in [2.45, 2.75) is 6.54 Å². The van der Waals surface area contributed by atoms with Gasteiger partial charge in [-0.1, -0.05) is 30.3 Å². The lowest BCUT2D eigenvalue weighted by atomic mass is 10.1. The molecule has 0 spiro atoms. The topological polar surface area (TPSA) is 72.3 Å². The van der Waals surface area contributed by atoms with Gasteiger partial charge in [0.05, 0.1) is 18.9 Å². The Morgan fingerprint density at radius 3 is 2.68 bits per heavy atom. The van der Waals surface area contributed by atoms with Crippen LogP contribution in [0.5, 0.6) is 0 Å². The van der Waals surface area contributed by atoms with Crippen molar-refractivity contribution in [3.8, 4) is 11.3 Å². The van der Waals surface area contributed by atoms with E-state index in [-0.39, 0.29) is 12.5 Å². The van der Waals surface area contributed by atoms with Gasteiger partial charge in [-0.05, 0) is 41.8 Å². The highest BCUT2D eigenvalue weighted by molar-refractivity contribution is 5.92. The molecule has 31 heavy (non-hydrogen) atoms. The summed E-state index contributed by atoms with van der Waals surface area (Å²) in [4.78, 5) is 14.8. The van der Waals surface area contributed by atoms with E-state index in [9.17, 15) is 4.79 Å². The molecule has 5 rings (SSSR count). The number of carbonyl (C=O) groups excluding carboxylic acids is 1. The molecule has 2 aromatic carbocycles. The largest absolute Gasteiger partial charge is 0.378 e. The molecule has 7 nitrogen and oxygen atoms in total. The molecule has 1 aliphatic rings. The van der Waals surface area contributed by atoms with Crippen molar-refractivity contribution in [1.82, 2.24) is 14.8 Å². The van der Waals surface area contributed by atoms with Crippen LogP contribution in [0.1, 0.15) is 0 Å². The van der Waals surface area contributed by atoms with E-state index < -0.39 is 0 Å². The first-order chi connectivity index (χ1) is 15.3. The van der Waals surface area contributed by atoms with Gasteiger partial charge in [0.15, 0.2) is 5.82 Å². The zero-order valence-electron chi connectivity index (χ0n) is 17.1. The van der Waals surface area contributed by atoms with E-state index in [2.05, 4.69) is 20.4 Å². The molecular weight excluding hydrogens is 390 g/mol. The number of hydrogen-bond acceptors (Lipinski definition) is 5. The Kier molecular flexibility index (Phi) is 5.33. The van der Waals surface area contributed by atoms with E-state index in [0.717, 1.165) is 46.8 Å². The number of aromatic nitrogens is 3. The Balaban J connectivity index is 1.28. The highest BCUT2D eigenvalue weighted by atomic mass is 16.5. The molecule has 0 radical (unpaired) electrons. The number of carbonyl (C=O) groups is 1. The summed E-state index contributed by atoms with van der Waals surface area (Å²) in [5, 5.41) is 12.9. The van der Waals surface area contributed by atoms with Gasteiger partial charge in [-0.15, -0.1) is 10.2 Å². The number of ether oxygens (including phenoxy) is 1. The molecule has 0 unspecified atom stereocenters. The lowest BCUT2D eigenvalue weighted by molar-refractivity contribution is -0.116. The zero-order chi connectivity index (χ0) is 21.0. The molecule has 1 aliphatic heterocycles. The highest BCUT2D eigenvalue weighted by Crippen LogP contribution is 2.22. The second kappa shape index (κ2) is 8.57. The van der Waals surface area contributed by atoms with Crippen LogP contribution in [0.2, 0.25) is 0 Å². The van der Waals surface area contributed by atoms with E-state index in [1.54, 1.807) is 0 Å². The third-order valence-electron chi connectivity index (χ3n) is 5.42. The third kappa shape index (κ3) is 4.27. The lowest BCUT2D eigenvalue weighted by Crippen LogP contribution is -2.36. The van der Waals surface area contributed by atoms with Gasteiger partial charge in [-0.3, -0.25) is 4.79 Å². The Morgan fingerprint density at radius 2 is 1.84 bits per heavy atom. The summed E-state index contributed by atoms with van der Waals surface area (Å²) in [5.41, 5.74) is 3.45. The predicted octanol–water partition coefficient (Wildman–Crippen LogP) is 3.57. The van der Waals surface area contributed by atoms with E-state index in [1.807, 2.05) is 77.5 Å². The van der Waals surface area contributed by atoms with Gasteiger partial charge in [0.1, 0.15) is 6.54 Å². The van der Waals surface area contributed by atoms with Crippen LogP contribution >= 0.6 is 0 Å². The summed E-state index contributed by atoms with van der Waals surface area (Å²) in [6.07, 6.45) is 1.94. The number of para-hydroxylation sites is 1. The number of nitrogens with zero attached hydrogens (tertiary/aromatic N) is 4. The van der Waals surface area contributed by atoms with Gasteiger partial charge < -0.3 is 19.5 Å². The molecule has 1 saturated heterocycles. The van der Waals surface area contributed by atoms with Crippen molar-refractivity contribution in [3.63, 3.8) is 0 Å². The number of nitrogens with one attached hydrogen (secondary N) is 1. The minimum atomic E-state index is -0.0766. The van der Waals surface area contributed by atoms with Crippen molar-refractivity contribution in [2.24, 2.45) is 0 Å². The maximum Gasteiger partial charge on any atom is 0.244 e. The van der Waals surface area contributed by atoms with Gasteiger partial charge in [-0.2, -0.15) is 0 Å². The van der Waals surface area contributed by atoms with Crippen molar-refractivity contribution < 1.29 is 9.53 Å². The average Bonchev–Trinajstić information content (AvgIpc) is 3.23. The quantitative estimate of drug-likeness (QED) is 0.542. The molecule has 0 aliphatic carbocycles. The Labute approximate surface area is 180 Å². The number of hydrogen-bond donors (Lipinski definition) is 1. The second-order valence-electron chi connectivity index (χ2n) is 7.51. The second-order valence-corrected chi connectivity index (χ2v) is 7.51. The van der Waals surface area contributed by atoms with Crippen LogP contribution < -0.4 is 10.2 Å². The minimum absolute atomic E-state index is 0.0766. The molecule has 2 aromatic heterocycles. The maximum atomic E-state index is 12.6. The maximum absolute atomic E-state index is 12.6. The van der Waals surface area contributed by atoms with E-state index >= 15 is 0 Å². The highest BCUT2D eigenvalue weighted by Gasteiger charge is 2.13. The smallest absolute Gasteiger partial charge is 0.244 e. The van der Waals surface area contributed by atoms with Crippen LogP contribution in [0.15, 0.2) is 72.9 Å². The number of morpholine rings is 1. The number of rotatable bonds is 5. The predicted molar refractivity (Wildman–Crippen MR) is 121 cm³/mol. The molecule has 0 bridgehead atoms. The average molecular weight is 413 g/mol. The van der Waals surface area contributed by atoms with Crippen LogP contribution in [0, 0.1) is 0 Å². The van der Waals surface area contributed by atoms with Crippen LogP contribution in [0.3, 0.4) is 0 Å². The van der Waals surface area contributed by atoms with Crippen molar-refractivity contribution in [3.05, 3.63) is 72.9 Å². The first kappa shape index (κ1) is 19.3. The molecular formula is C24H23N5O2. The van der Waals surface area contributed by atoms with Crippen LogP contribution in [0.4, 0.5) is 11.5 Å². The van der Waals surface area contributed by atoms with E-state index in [1.165, 1.54) is 0 Å². The van der Waals surface area contributed by atoms with Crippen LogP contribution in [-0.4, -0.2) is 47.0 Å². The monoisotopic (exact) mass is 413 g/mol. The number of anilines is 2. The number of fused-ring (bicyclic) bond motifs is 1. The fourth-order valence-electron chi connectivity index (χ4n) is 3.83. The fraction of sp³-hybridized carbons (Fsp3) is 0.208. The Bertz CT molecular complexity index is 1200. The van der Waals surface area contributed by atoms with E-state index in [4.69, 9.17) is 4.74 Å². The molecule has 1 amide bonds. The first-order valence-electron chi connectivity index (χ1n) is 10.4. The van der Waals surface area contributed by atoms with Gasteiger partial charge in [0.25, 0.3) is 0 Å². The van der Waals surface area contributed by atoms with Gasteiger partial charge in [0.2, 0.25) is 5.91 Å². The Hall–Kier alpha value is -3.71. The van der Waals surface area contributed by atoms with Gasteiger partial charge in [0, 0.05) is 36.1 Å². The van der Waals surface area contributed by atoms with Crippen molar-refractivity contribution >= 4 is 28.3 Å². The molecule has 0 saturated carbocycles. The summed E-state index contributed by atoms with van der Waals surface area (Å²) >= 11 is 0. The molecule has 0 atom stereocenters. The standard InChI is InChI=1S/C24H23N5O2/c30-24(17-29-11-10-18-4-1-2-7-22(18)29)25-20-6-3-5-19(16-20)21-8-9-23(27-26-21)28-12-14-31-15-13-28/h1-11,16H,12-15,17H2,(H,25,30). The lowest BCUT2D eigenvalue weighted by Gasteiger charge is -2.27. The first-order valence-corrected chi connectivity index (χ1v) is 10.4. The molecule has 1 fully saturated rings. The number of benzene rings is 2. The minimum Gasteiger partial charge on any atom is -0.378 e.